The van der Waals surface area contributed by atoms with Crippen molar-refractivity contribution in [1.29, 1.82) is 0 Å². The number of rotatable bonds is 4. The van der Waals surface area contributed by atoms with Crippen LogP contribution in [0.25, 0.3) is 0 Å². The van der Waals surface area contributed by atoms with E-state index in [9.17, 15) is 19.2 Å². The van der Waals surface area contributed by atoms with Gasteiger partial charge < -0.3 is 5.11 Å². The van der Waals surface area contributed by atoms with Gasteiger partial charge in [-0.1, -0.05) is 26.3 Å². The van der Waals surface area contributed by atoms with Crippen LogP contribution in [0.5, 0.6) is 0 Å². The van der Waals surface area contributed by atoms with E-state index in [1.807, 2.05) is 6.92 Å². The number of hydrogen-bond acceptors (Lipinski definition) is 4. The number of carboxylic acids is 1. The van der Waals surface area contributed by atoms with E-state index in [0.29, 0.717) is 37.9 Å². The van der Waals surface area contributed by atoms with Gasteiger partial charge in [-0.3, -0.25) is 19.2 Å². The molecule has 0 spiro atoms. The minimum Gasteiger partial charge on any atom is -0.481 e. The Bertz CT molecular complexity index is 823. The van der Waals surface area contributed by atoms with Gasteiger partial charge in [-0.15, -0.1) is 0 Å². The zero-order valence-corrected chi connectivity index (χ0v) is 17.8. The summed E-state index contributed by atoms with van der Waals surface area (Å²) in [7, 11) is 0. The van der Waals surface area contributed by atoms with Gasteiger partial charge in [0.15, 0.2) is 5.78 Å². The van der Waals surface area contributed by atoms with Crippen LogP contribution in [0.4, 0.5) is 0 Å². The van der Waals surface area contributed by atoms with E-state index >= 15 is 0 Å². The number of carboxylic acid groups (broad SMARTS) is 1. The van der Waals surface area contributed by atoms with Gasteiger partial charge in [0.05, 0.1) is 0 Å². The average Bonchev–Trinajstić information content (AvgIpc) is 2.90. The molecule has 2 fully saturated rings. The van der Waals surface area contributed by atoms with Gasteiger partial charge in [0, 0.05) is 43.6 Å². The molecule has 2 saturated carbocycles. The molecule has 0 saturated heterocycles. The van der Waals surface area contributed by atoms with E-state index in [1.54, 1.807) is 0 Å². The lowest BCUT2D eigenvalue weighted by molar-refractivity contribution is -0.137. The number of carbonyl (C=O) groups is 4. The fourth-order valence-corrected chi connectivity index (χ4v) is 7.38. The lowest BCUT2D eigenvalue weighted by Crippen LogP contribution is -2.49. The molecule has 0 aromatic rings. The largest absolute Gasteiger partial charge is 0.481 e. The summed E-state index contributed by atoms with van der Waals surface area (Å²) in [5, 5.41) is 9.05. The molecule has 0 aromatic heterocycles. The van der Waals surface area contributed by atoms with E-state index in [1.165, 1.54) is 0 Å². The Balaban J connectivity index is 1.71. The summed E-state index contributed by atoms with van der Waals surface area (Å²) in [6.07, 6.45) is 4.90. The fraction of sp³-hybridized carbons (Fsp3) is 0.750. The van der Waals surface area contributed by atoms with E-state index in [-0.39, 0.29) is 47.1 Å². The second kappa shape index (κ2) is 6.88. The van der Waals surface area contributed by atoms with Gasteiger partial charge in [0.25, 0.3) is 0 Å². The van der Waals surface area contributed by atoms with E-state index in [4.69, 9.17) is 5.11 Å². The molecular formula is C24H32O5. The molecule has 6 atom stereocenters. The van der Waals surface area contributed by atoms with Gasteiger partial charge in [-0.2, -0.15) is 0 Å². The summed E-state index contributed by atoms with van der Waals surface area (Å²) in [4.78, 5) is 49.8. The van der Waals surface area contributed by atoms with Crippen LogP contribution < -0.4 is 0 Å². The molecule has 158 valence electrons. The average molecular weight is 401 g/mol. The van der Waals surface area contributed by atoms with Crippen molar-refractivity contribution in [2.24, 2.45) is 34.5 Å². The van der Waals surface area contributed by atoms with Crippen LogP contribution in [-0.4, -0.2) is 28.4 Å². The third kappa shape index (κ3) is 3.03. The minimum absolute atomic E-state index is 0.0517. The summed E-state index contributed by atoms with van der Waals surface area (Å²) >= 11 is 0. The summed E-state index contributed by atoms with van der Waals surface area (Å²) in [5.41, 5.74) is 1.27. The van der Waals surface area contributed by atoms with Gasteiger partial charge in [-0.05, 0) is 54.3 Å². The molecule has 0 bridgehead atoms. The first-order valence-corrected chi connectivity index (χ1v) is 11.1. The maximum atomic E-state index is 13.5. The highest BCUT2D eigenvalue weighted by Gasteiger charge is 2.61. The zero-order valence-electron chi connectivity index (χ0n) is 17.8. The molecule has 0 aromatic carbocycles. The van der Waals surface area contributed by atoms with E-state index in [2.05, 4.69) is 13.8 Å². The second-order valence-corrected chi connectivity index (χ2v) is 10.5. The third-order valence-electron chi connectivity index (χ3n) is 8.87. The van der Waals surface area contributed by atoms with Crippen molar-refractivity contribution < 1.29 is 24.3 Å². The van der Waals surface area contributed by atoms with E-state index in [0.717, 1.165) is 30.4 Å². The molecule has 4 aliphatic carbocycles. The smallest absolute Gasteiger partial charge is 0.303 e. The first kappa shape index (κ1) is 20.5. The Kier molecular flexibility index (Phi) is 4.86. The molecule has 4 aliphatic rings. The number of fused-ring (bicyclic) bond motifs is 4. The summed E-state index contributed by atoms with van der Waals surface area (Å²) in [6, 6.07) is 0. The van der Waals surface area contributed by atoms with Crippen LogP contribution in [0.15, 0.2) is 11.1 Å². The molecule has 0 aliphatic heterocycles. The van der Waals surface area contributed by atoms with Crippen molar-refractivity contribution in [2.45, 2.75) is 78.6 Å². The van der Waals surface area contributed by atoms with Gasteiger partial charge in [-0.25, -0.2) is 0 Å². The van der Waals surface area contributed by atoms with Gasteiger partial charge in [0.2, 0.25) is 0 Å². The molecule has 0 radical (unpaired) electrons. The van der Waals surface area contributed by atoms with Crippen LogP contribution >= 0.6 is 0 Å². The Morgan fingerprint density at radius 2 is 1.90 bits per heavy atom. The number of Topliss-reactive ketones (excluding diaryl/α,β-unsaturated/α-hetero) is 3. The van der Waals surface area contributed by atoms with Crippen LogP contribution in [0, 0.1) is 34.5 Å². The highest BCUT2D eigenvalue weighted by Crippen LogP contribution is 2.63. The van der Waals surface area contributed by atoms with Crippen molar-refractivity contribution >= 4 is 23.3 Å². The maximum absolute atomic E-state index is 13.5. The Labute approximate surface area is 172 Å². The van der Waals surface area contributed by atoms with Crippen LogP contribution in [-0.2, 0) is 19.2 Å². The molecule has 0 heterocycles. The fourth-order valence-electron chi connectivity index (χ4n) is 7.38. The first-order valence-electron chi connectivity index (χ1n) is 11.1. The quantitative estimate of drug-likeness (QED) is 0.766. The number of hydrogen-bond donors (Lipinski definition) is 1. The van der Waals surface area contributed by atoms with Gasteiger partial charge >= 0.3 is 5.97 Å². The summed E-state index contributed by atoms with van der Waals surface area (Å²) in [6.45, 7) is 6.27. The highest BCUT2D eigenvalue weighted by atomic mass is 16.4. The third-order valence-corrected chi connectivity index (χ3v) is 8.87. The Hall–Kier alpha value is -1.78. The molecule has 5 heteroatoms. The van der Waals surface area contributed by atoms with Crippen molar-refractivity contribution in [3.63, 3.8) is 0 Å². The second-order valence-electron chi connectivity index (χ2n) is 10.5. The van der Waals surface area contributed by atoms with Gasteiger partial charge in [0.1, 0.15) is 11.6 Å². The summed E-state index contributed by atoms with van der Waals surface area (Å²) in [5.74, 6) is 0.0501. The number of carbonyl (C=O) groups excluding carboxylic acids is 3. The number of aliphatic carboxylic acids is 1. The van der Waals surface area contributed by atoms with Crippen LogP contribution in [0.2, 0.25) is 0 Å². The lowest BCUT2D eigenvalue weighted by Gasteiger charge is -2.52. The maximum Gasteiger partial charge on any atom is 0.303 e. The molecule has 5 nitrogen and oxygen atoms in total. The molecule has 0 amide bonds. The molecule has 29 heavy (non-hydrogen) atoms. The molecular weight excluding hydrogens is 368 g/mol. The SMILES string of the molecule is C[C@H](CCC(=O)O)[C@H]1CC(=O)[C@H]2C3=C(C(=O)C[C@@]21C)[C@@]1(C)CCC(=O)CC1CC3. The monoisotopic (exact) mass is 400 g/mol. The molecule has 1 unspecified atom stereocenters. The number of allylic oxidation sites excluding steroid dienone is 2. The first-order chi connectivity index (χ1) is 13.6. The predicted molar refractivity (Wildman–Crippen MR) is 107 cm³/mol. The van der Waals surface area contributed by atoms with Crippen LogP contribution in [0.3, 0.4) is 0 Å². The van der Waals surface area contributed by atoms with Crippen molar-refractivity contribution in [3.8, 4) is 0 Å². The predicted octanol–water partition coefficient (Wildman–Crippen LogP) is 4.14. The van der Waals surface area contributed by atoms with Crippen molar-refractivity contribution in [3.05, 3.63) is 11.1 Å². The van der Waals surface area contributed by atoms with E-state index < -0.39 is 11.4 Å². The van der Waals surface area contributed by atoms with Crippen molar-refractivity contribution in [1.82, 2.24) is 0 Å². The molecule has 1 N–H and O–H groups in total. The lowest BCUT2D eigenvalue weighted by atomic mass is 9.50. The topological polar surface area (TPSA) is 88.5 Å². The zero-order chi connectivity index (χ0) is 21.1. The Morgan fingerprint density at radius 3 is 2.59 bits per heavy atom. The highest BCUT2D eigenvalue weighted by molar-refractivity contribution is 6.03. The Morgan fingerprint density at radius 1 is 1.17 bits per heavy atom. The minimum atomic E-state index is -0.814. The molecule has 4 rings (SSSR count). The summed E-state index contributed by atoms with van der Waals surface area (Å²) < 4.78 is 0. The van der Waals surface area contributed by atoms with Crippen molar-refractivity contribution in [2.75, 3.05) is 0 Å². The van der Waals surface area contributed by atoms with Crippen LogP contribution in [0.1, 0.15) is 78.6 Å². The standard InChI is InChI=1S/C24H32O5/c1-13(4-7-20(28)29)17-11-18(26)21-16-6-5-14-10-15(25)8-9-23(14,2)22(16)19(27)12-24(17,21)3/h13-14,17,21H,4-12H2,1-3H3,(H,28,29)/t13-,14?,17-,21-,23+,24-/m1/s1. The normalized spacial score (nSPS) is 40.4. The number of ketones is 3.